The Kier molecular flexibility index (Phi) is 5.94. The molecule has 3 heterocycles. The second kappa shape index (κ2) is 9.07. The van der Waals surface area contributed by atoms with E-state index in [4.69, 9.17) is 16.3 Å². The molecule has 9 nitrogen and oxygen atoms in total. The predicted molar refractivity (Wildman–Crippen MR) is 130 cm³/mol. The number of rotatable bonds is 4. The number of ether oxygens (including phenoxy) is 1. The standard InChI is InChI=1S/C25H24ClN5O4/c1-27-23(32)16-8-9-20-18(12-16)29(2)24(33)19(14-35-20)30-11-10-17-21(25(30)34)28-31(22(17)26)13-15-6-4-3-5-7-15/h3-9,12,19H,10-11,13-14H2,1-2H3,(H,27,32)/t19-/m0/s1. The Morgan fingerprint density at radius 1 is 1.20 bits per heavy atom. The minimum absolute atomic E-state index is 0.00494. The lowest BCUT2D eigenvalue weighted by Gasteiger charge is -2.33. The molecule has 2 aliphatic heterocycles. The number of hydrogen-bond acceptors (Lipinski definition) is 5. The summed E-state index contributed by atoms with van der Waals surface area (Å²) in [4.78, 5) is 41.9. The van der Waals surface area contributed by atoms with Crippen LogP contribution >= 0.6 is 11.6 Å². The maximum absolute atomic E-state index is 13.5. The van der Waals surface area contributed by atoms with Gasteiger partial charge in [-0.3, -0.25) is 14.4 Å². The second-order valence-electron chi connectivity index (χ2n) is 8.50. The number of carbonyl (C=O) groups excluding carboxylic acids is 3. The van der Waals surface area contributed by atoms with Gasteiger partial charge in [-0.15, -0.1) is 0 Å². The monoisotopic (exact) mass is 493 g/mol. The molecule has 1 N–H and O–H groups in total. The van der Waals surface area contributed by atoms with E-state index in [2.05, 4.69) is 10.4 Å². The molecule has 0 unspecified atom stereocenters. The normalized spacial score (nSPS) is 17.4. The summed E-state index contributed by atoms with van der Waals surface area (Å²) in [6, 6.07) is 13.8. The number of amides is 3. The van der Waals surface area contributed by atoms with Gasteiger partial charge in [0.1, 0.15) is 23.6 Å². The molecule has 5 rings (SSSR count). The van der Waals surface area contributed by atoms with E-state index in [1.807, 2.05) is 30.3 Å². The molecule has 0 radical (unpaired) electrons. The summed E-state index contributed by atoms with van der Waals surface area (Å²) in [7, 11) is 3.15. The molecule has 0 saturated heterocycles. The van der Waals surface area contributed by atoms with Gasteiger partial charge in [-0.1, -0.05) is 41.9 Å². The number of benzene rings is 2. The van der Waals surface area contributed by atoms with Crippen molar-refractivity contribution in [1.82, 2.24) is 20.0 Å². The van der Waals surface area contributed by atoms with Crippen molar-refractivity contribution in [3.8, 4) is 5.75 Å². The van der Waals surface area contributed by atoms with Crippen molar-refractivity contribution >= 4 is 35.0 Å². The van der Waals surface area contributed by atoms with Gasteiger partial charge >= 0.3 is 0 Å². The van der Waals surface area contributed by atoms with Gasteiger partial charge in [-0.05, 0) is 30.2 Å². The van der Waals surface area contributed by atoms with Crippen LogP contribution in [0.5, 0.6) is 5.75 Å². The van der Waals surface area contributed by atoms with Crippen molar-refractivity contribution < 1.29 is 19.1 Å². The third kappa shape index (κ3) is 4.01. The molecule has 10 heteroatoms. The first kappa shape index (κ1) is 22.9. The smallest absolute Gasteiger partial charge is 0.275 e. The Hall–Kier alpha value is -3.85. The minimum Gasteiger partial charge on any atom is -0.489 e. The van der Waals surface area contributed by atoms with Crippen LogP contribution in [0.2, 0.25) is 5.15 Å². The van der Waals surface area contributed by atoms with Gasteiger partial charge in [0.25, 0.3) is 17.7 Å². The van der Waals surface area contributed by atoms with Gasteiger partial charge in [-0.2, -0.15) is 5.10 Å². The number of fused-ring (bicyclic) bond motifs is 2. The first-order valence-electron chi connectivity index (χ1n) is 11.3. The van der Waals surface area contributed by atoms with Crippen LogP contribution in [0.4, 0.5) is 5.69 Å². The van der Waals surface area contributed by atoms with E-state index in [1.165, 1.54) is 9.80 Å². The van der Waals surface area contributed by atoms with Crippen LogP contribution in [0.25, 0.3) is 0 Å². The Morgan fingerprint density at radius 2 is 1.97 bits per heavy atom. The average molecular weight is 494 g/mol. The summed E-state index contributed by atoms with van der Waals surface area (Å²) in [5, 5.41) is 7.51. The van der Waals surface area contributed by atoms with Crippen LogP contribution in [-0.4, -0.2) is 65.7 Å². The quantitative estimate of drug-likeness (QED) is 0.602. The fourth-order valence-corrected chi connectivity index (χ4v) is 4.77. The first-order valence-corrected chi connectivity index (χ1v) is 11.6. The third-order valence-corrected chi connectivity index (χ3v) is 6.84. The lowest BCUT2D eigenvalue weighted by Crippen LogP contribution is -2.54. The van der Waals surface area contributed by atoms with Crippen molar-refractivity contribution in [2.45, 2.75) is 19.0 Å². The van der Waals surface area contributed by atoms with E-state index >= 15 is 0 Å². The topological polar surface area (TPSA) is 96.8 Å². The summed E-state index contributed by atoms with van der Waals surface area (Å²) >= 11 is 6.58. The van der Waals surface area contributed by atoms with Crippen LogP contribution in [0, 0.1) is 0 Å². The van der Waals surface area contributed by atoms with Crippen LogP contribution in [0.15, 0.2) is 48.5 Å². The van der Waals surface area contributed by atoms with Crippen LogP contribution in [-0.2, 0) is 17.8 Å². The zero-order valence-corrected chi connectivity index (χ0v) is 20.1. The third-order valence-electron chi connectivity index (χ3n) is 6.42. The number of nitrogens with zero attached hydrogens (tertiary/aromatic N) is 4. The van der Waals surface area contributed by atoms with E-state index in [0.29, 0.717) is 47.2 Å². The molecule has 3 aromatic rings. The zero-order chi connectivity index (χ0) is 24.7. The molecular formula is C25H24ClN5O4. The zero-order valence-electron chi connectivity index (χ0n) is 19.3. The van der Waals surface area contributed by atoms with Gasteiger partial charge in [0.2, 0.25) is 0 Å². The molecule has 0 saturated carbocycles. The fraction of sp³-hybridized carbons (Fsp3) is 0.280. The van der Waals surface area contributed by atoms with Crippen molar-refractivity contribution in [3.05, 3.63) is 76.1 Å². The number of aromatic nitrogens is 2. The molecule has 0 bridgehead atoms. The van der Waals surface area contributed by atoms with E-state index in [0.717, 1.165) is 5.56 Å². The van der Waals surface area contributed by atoms with Gasteiger partial charge in [0.05, 0.1) is 12.2 Å². The van der Waals surface area contributed by atoms with Gasteiger partial charge < -0.3 is 19.9 Å². The van der Waals surface area contributed by atoms with Gasteiger partial charge in [0, 0.05) is 31.8 Å². The summed E-state index contributed by atoms with van der Waals surface area (Å²) in [6.07, 6.45) is 0.482. The Balaban J connectivity index is 1.41. The van der Waals surface area contributed by atoms with Crippen LogP contribution in [0.3, 0.4) is 0 Å². The van der Waals surface area contributed by atoms with Crippen molar-refractivity contribution in [1.29, 1.82) is 0 Å². The average Bonchev–Trinajstić information content (AvgIpc) is 3.14. The van der Waals surface area contributed by atoms with Crippen molar-refractivity contribution in [2.24, 2.45) is 0 Å². The summed E-state index contributed by atoms with van der Waals surface area (Å²) < 4.78 is 7.55. The highest BCUT2D eigenvalue weighted by atomic mass is 35.5. The van der Waals surface area contributed by atoms with E-state index in [1.54, 1.807) is 37.0 Å². The Labute approximate surface area is 207 Å². The van der Waals surface area contributed by atoms with E-state index in [-0.39, 0.29) is 30.0 Å². The number of anilines is 1. The number of halogens is 1. The van der Waals surface area contributed by atoms with Gasteiger partial charge in [-0.25, -0.2) is 4.68 Å². The van der Waals surface area contributed by atoms with Gasteiger partial charge in [0.15, 0.2) is 5.69 Å². The summed E-state index contributed by atoms with van der Waals surface area (Å²) in [5.41, 5.74) is 2.85. The summed E-state index contributed by atoms with van der Waals surface area (Å²) in [5.74, 6) is -0.454. The molecule has 35 heavy (non-hydrogen) atoms. The van der Waals surface area contributed by atoms with Crippen molar-refractivity contribution in [3.63, 3.8) is 0 Å². The number of likely N-dealkylation sites (N-methyl/N-ethyl adjacent to an activating group) is 1. The minimum atomic E-state index is -0.838. The highest BCUT2D eigenvalue weighted by Crippen LogP contribution is 2.34. The largest absolute Gasteiger partial charge is 0.489 e. The molecule has 0 spiro atoms. The number of hydrogen-bond donors (Lipinski definition) is 1. The second-order valence-corrected chi connectivity index (χ2v) is 8.85. The highest BCUT2D eigenvalue weighted by molar-refractivity contribution is 6.31. The molecule has 2 aliphatic rings. The molecule has 2 aromatic carbocycles. The first-order chi connectivity index (χ1) is 16.9. The molecular weight excluding hydrogens is 470 g/mol. The van der Waals surface area contributed by atoms with E-state index in [9.17, 15) is 14.4 Å². The molecule has 1 atom stereocenters. The van der Waals surface area contributed by atoms with E-state index < -0.39 is 6.04 Å². The SMILES string of the molecule is CNC(=O)c1ccc2c(c1)N(C)C(=O)[C@@H](N1CCc3c(nn(Cc4ccccc4)c3Cl)C1=O)CO2. The molecule has 0 fully saturated rings. The molecule has 1 aromatic heterocycles. The van der Waals surface area contributed by atoms with Crippen LogP contribution < -0.4 is 15.0 Å². The molecule has 3 amide bonds. The highest BCUT2D eigenvalue weighted by Gasteiger charge is 2.41. The fourth-order valence-electron chi connectivity index (χ4n) is 4.49. The lowest BCUT2D eigenvalue weighted by molar-refractivity contribution is -0.123. The number of nitrogens with one attached hydrogen (secondary N) is 1. The molecule has 180 valence electrons. The lowest BCUT2D eigenvalue weighted by atomic mass is 10.0. The maximum Gasteiger partial charge on any atom is 0.275 e. The summed E-state index contributed by atoms with van der Waals surface area (Å²) in [6.45, 7) is 0.752. The molecule has 0 aliphatic carbocycles. The maximum atomic E-state index is 13.5. The predicted octanol–water partition coefficient (Wildman–Crippen LogP) is 2.37. The van der Waals surface area contributed by atoms with Crippen molar-refractivity contribution in [2.75, 3.05) is 32.1 Å². The van der Waals surface area contributed by atoms with Crippen LogP contribution in [0.1, 0.15) is 32.0 Å². The Bertz CT molecular complexity index is 1320. The Morgan fingerprint density at radius 3 is 2.71 bits per heavy atom. The number of carbonyl (C=O) groups is 3.